The fourth-order valence-electron chi connectivity index (χ4n) is 2.74. The molecule has 0 aliphatic heterocycles. The number of carbonyl (C=O) groups is 1. The predicted molar refractivity (Wildman–Crippen MR) is 99.6 cm³/mol. The maximum absolute atomic E-state index is 12.7. The summed E-state index contributed by atoms with van der Waals surface area (Å²) in [6, 6.07) is 14.0. The number of hydrogen-bond donors (Lipinski definition) is 1. The average Bonchev–Trinajstić information content (AvgIpc) is 2.90. The van der Waals surface area contributed by atoms with Crippen molar-refractivity contribution in [1.29, 1.82) is 0 Å². The minimum Gasteiger partial charge on any atom is -0.545 e. The molecule has 0 atom stereocenters. The first-order chi connectivity index (χ1) is 12.4. The minimum absolute atomic E-state index is 0.00409. The van der Waals surface area contributed by atoms with Crippen LogP contribution >= 0.6 is 0 Å². The fourth-order valence-corrected chi connectivity index (χ4v) is 2.74. The van der Waals surface area contributed by atoms with Gasteiger partial charge in [-0.25, -0.2) is 4.68 Å². The van der Waals surface area contributed by atoms with Crippen molar-refractivity contribution in [3.05, 3.63) is 86.1 Å². The van der Waals surface area contributed by atoms with Crippen molar-refractivity contribution in [1.82, 2.24) is 9.78 Å². The first kappa shape index (κ1) is 17.5. The Morgan fingerprint density at radius 3 is 2.50 bits per heavy atom. The van der Waals surface area contributed by atoms with E-state index in [-0.39, 0.29) is 11.1 Å². The number of carbonyl (C=O) groups excluding carboxylic acids is 1. The summed E-state index contributed by atoms with van der Waals surface area (Å²) in [4.78, 5) is 23.8. The third-order valence-corrected chi connectivity index (χ3v) is 4.26. The van der Waals surface area contributed by atoms with Crippen molar-refractivity contribution in [2.24, 2.45) is 0 Å². The molecule has 132 valence electrons. The highest BCUT2D eigenvalue weighted by Gasteiger charge is 2.06. The lowest BCUT2D eigenvalue weighted by molar-refractivity contribution is -0.255. The van der Waals surface area contributed by atoms with E-state index >= 15 is 0 Å². The molecule has 3 rings (SSSR count). The molecule has 0 saturated heterocycles. The largest absolute Gasteiger partial charge is 0.545 e. The van der Waals surface area contributed by atoms with Crippen LogP contribution in [0.5, 0.6) is 0 Å². The third kappa shape index (κ3) is 3.37. The second kappa shape index (κ2) is 6.88. The zero-order valence-corrected chi connectivity index (χ0v) is 14.7. The van der Waals surface area contributed by atoms with E-state index < -0.39 is 5.97 Å². The van der Waals surface area contributed by atoms with Crippen LogP contribution in [0.4, 0.5) is 0 Å². The van der Waals surface area contributed by atoms with Gasteiger partial charge in [-0.05, 0) is 40.8 Å². The van der Waals surface area contributed by atoms with Crippen LogP contribution in [0.3, 0.4) is 0 Å². The van der Waals surface area contributed by atoms with Crippen molar-refractivity contribution in [3.63, 3.8) is 0 Å². The van der Waals surface area contributed by atoms with Crippen LogP contribution in [0.2, 0.25) is 0 Å². The molecule has 0 fully saturated rings. The number of nitrogens with one attached hydrogen (secondary N) is 1. The lowest BCUT2D eigenvalue weighted by atomic mass is 10.0. The fraction of sp³-hybridized carbons (Fsp3) is 0.143. The predicted octanol–water partition coefficient (Wildman–Crippen LogP) is 0.892. The number of carboxylic acid groups (broad SMARTS) is 1. The van der Waals surface area contributed by atoms with E-state index in [2.05, 4.69) is 25.5 Å². The third-order valence-electron chi connectivity index (χ3n) is 4.26. The molecular formula is C21H19N2O3-. The summed E-state index contributed by atoms with van der Waals surface area (Å²) in [5, 5.41) is 14.8. The summed E-state index contributed by atoms with van der Waals surface area (Å²) in [7, 11) is 0. The molecule has 0 aliphatic carbocycles. The Morgan fingerprint density at radius 2 is 1.88 bits per heavy atom. The molecule has 0 radical (unpaired) electrons. The Labute approximate surface area is 150 Å². The SMILES string of the molecule is C=c1[nH]n(-c2cccc(C(=O)[O-])c2)c(=O)/c1=C\c1ccc(C(C)C)cc1. The molecule has 0 amide bonds. The molecule has 1 heterocycles. The van der Waals surface area contributed by atoms with Gasteiger partial charge < -0.3 is 9.90 Å². The van der Waals surface area contributed by atoms with E-state index in [1.165, 1.54) is 22.4 Å². The van der Waals surface area contributed by atoms with Crippen molar-refractivity contribution in [2.45, 2.75) is 19.8 Å². The van der Waals surface area contributed by atoms with Crippen molar-refractivity contribution in [2.75, 3.05) is 0 Å². The lowest BCUT2D eigenvalue weighted by Gasteiger charge is -2.05. The molecule has 0 saturated carbocycles. The summed E-state index contributed by atoms with van der Waals surface area (Å²) in [5.74, 6) is -0.855. The Morgan fingerprint density at radius 1 is 1.19 bits per heavy atom. The van der Waals surface area contributed by atoms with Crippen molar-refractivity contribution < 1.29 is 9.90 Å². The number of nitrogens with zero attached hydrogens (tertiary/aromatic N) is 1. The second-order valence-corrected chi connectivity index (χ2v) is 6.45. The van der Waals surface area contributed by atoms with Gasteiger partial charge in [-0.1, -0.05) is 56.8 Å². The van der Waals surface area contributed by atoms with Crippen LogP contribution in [-0.4, -0.2) is 15.7 Å². The zero-order chi connectivity index (χ0) is 18.8. The molecule has 26 heavy (non-hydrogen) atoms. The van der Waals surface area contributed by atoms with E-state index in [1.807, 2.05) is 24.3 Å². The molecule has 1 N–H and O–H groups in total. The quantitative estimate of drug-likeness (QED) is 0.761. The number of benzene rings is 2. The molecule has 5 nitrogen and oxygen atoms in total. The Hall–Kier alpha value is -3.34. The number of H-pyrrole nitrogens is 1. The molecule has 0 spiro atoms. The highest BCUT2D eigenvalue weighted by Crippen LogP contribution is 2.14. The standard InChI is InChI=1S/C21H20N2O3/c1-13(2)16-9-7-15(8-10-16)11-19-14(3)22-23(20(19)24)18-6-4-5-17(12-18)21(25)26/h4-13,22H,3H2,1-2H3,(H,25,26)/p-1/b19-11-. The summed E-state index contributed by atoms with van der Waals surface area (Å²) in [6.07, 6.45) is 1.77. The Bertz CT molecular complexity index is 1120. The van der Waals surface area contributed by atoms with Crippen LogP contribution in [0.25, 0.3) is 18.3 Å². The lowest BCUT2D eigenvalue weighted by Crippen LogP contribution is -2.34. The molecule has 0 unspecified atom stereocenters. The molecule has 1 aromatic heterocycles. The van der Waals surface area contributed by atoms with Crippen LogP contribution < -0.4 is 21.2 Å². The first-order valence-electron chi connectivity index (χ1n) is 8.30. The molecular weight excluding hydrogens is 328 g/mol. The molecule has 0 bridgehead atoms. The van der Waals surface area contributed by atoms with E-state index in [0.29, 0.717) is 22.2 Å². The van der Waals surface area contributed by atoms with Gasteiger partial charge in [0.1, 0.15) is 0 Å². The number of aromatic carboxylic acids is 1. The number of aromatic amines is 1. The van der Waals surface area contributed by atoms with E-state index in [1.54, 1.807) is 18.2 Å². The monoisotopic (exact) mass is 347 g/mol. The van der Waals surface area contributed by atoms with Gasteiger partial charge >= 0.3 is 0 Å². The van der Waals surface area contributed by atoms with Crippen LogP contribution in [0.1, 0.15) is 41.3 Å². The maximum Gasteiger partial charge on any atom is 0.279 e. The minimum atomic E-state index is -1.29. The number of carboxylic acids is 1. The number of hydrogen-bond acceptors (Lipinski definition) is 3. The summed E-state index contributed by atoms with van der Waals surface area (Å²) in [5.41, 5.74) is 2.24. The number of aromatic nitrogens is 2. The van der Waals surface area contributed by atoms with Gasteiger partial charge in [-0.2, -0.15) is 0 Å². The van der Waals surface area contributed by atoms with Gasteiger partial charge in [-0.15, -0.1) is 0 Å². The van der Waals surface area contributed by atoms with Gasteiger partial charge in [0.2, 0.25) is 0 Å². The highest BCUT2D eigenvalue weighted by atomic mass is 16.4. The molecule has 5 heteroatoms. The van der Waals surface area contributed by atoms with Gasteiger partial charge in [-0.3, -0.25) is 9.89 Å². The molecule has 2 aromatic carbocycles. The summed E-state index contributed by atoms with van der Waals surface area (Å²) in [6.45, 7) is 8.14. The second-order valence-electron chi connectivity index (χ2n) is 6.45. The Balaban J connectivity index is 2.09. The van der Waals surface area contributed by atoms with Crippen molar-refractivity contribution in [3.8, 4) is 5.69 Å². The van der Waals surface area contributed by atoms with Crippen LogP contribution in [0.15, 0.2) is 53.3 Å². The molecule has 3 aromatic rings. The maximum atomic E-state index is 12.7. The Kier molecular flexibility index (Phi) is 4.63. The van der Waals surface area contributed by atoms with Crippen LogP contribution in [0, 0.1) is 0 Å². The smallest absolute Gasteiger partial charge is 0.279 e. The molecule has 0 aliphatic rings. The first-order valence-corrected chi connectivity index (χ1v) is 8.30. The average molecular weight is 347 g/mol. The normalized spacial score (nSPS) is 11.9. The summed E-state index contributed by atoms with van der Waals surface area (Å²) < 4.78 is 1.28. The van der Waals surface area contributed by atoms with E-state index in [0.717, 1.165) is 5.56 Å². The van der Waals surface area contributed by atoms with E-state index in [4.69, 9.17) is 0 Å². The highest BCUT2D eigenvalue weighted by molar-refractivity contribution is 5.86. The number of rotatable bonds is 4. The van der Waals surface area contributed by atoms with Crippen molar-refractivity contribution >= 4 is 18.6 Å². The zero-order valence-electron chi connectivity index (χ0n) is 14.7. The van der Waals surface area contributed by atoms with E-state index in [9.17, 15) is 14.7 Å². The van der Waals surface area contributed by atoms with Gasteiger partial charge in [0.25, 0.3) is 5.56 Å². The van der Waals surface area contributed by atoms with Gasteiger partial charge in [0, 0.05) is 0 Å². The summed E-state index contributed by atoms with van der Waals surface area (Å²) >= 11 is 0. The van der Waals surface area contributed by atoms with Gasteiger partial charge in [0.05, 0.1) is 22.2 Å². The van der Waals surface area contributed by atoms with Crippen LogP contribution in [-0.2, 0) is 0 Å². The van der Waals surface area contributed by atoms with Gasteiger partial charge in [0.15, 0.2) is 0 Å². The topological polar surface area (TPSA) is 77.9 Å².